The first kappa shape index (κ1) is 11.8. The zero-order valence-corrected chi connectivity index (χ0v) is 11.3. The highest BCUT2D eigenvalue weighted by atomic mass is 32.1. The predicted octanol–water partition coefficient (Wildman–Crippen LogP) is 2.22. The van der Waals surface area contributed by atoms with Crippen molar-refractivity contribution in [1.82, 2.24) is 20.4 Å². The minimum absolute atomic E-state index is 0.341. The van der Waals surface area contributed by atoms with E-state index in [1.165, 1.54) is 17.8 Å². The molecular formula is C12H16N4OS. The lowest BCUT2D eigenvalue weighted by Gasteiger charge is -2.04. The Balaban J connectivity index is 1.74. The van der Waals surface area contributed by atoms with E-state index in [4.69, 9.17) is 4.52 Å². The number of hydrogen-bond donors (Lipinski definition) is 1. The molecule has 0 spiro atoms. The van der Waals surface area contributed by atoms with E-state index in [1.807, 2.05) is 12.4 Å². The Labute approximate surface area is 110 Å². The van der Waals surface area contributed by atoms with Crippen molar-refractivity contribution in [2.75, 3.05) is 7.05 Å². The van der Waals surface area contributed by atoms with Crippen molar-refractivity contribution in [3.05, 3.63) is 16.2 Å². The molecular weight excluding hydrogens is 248 g/mol. The van der Waals surface area contributed by atoms with Gasteiger partial charge in [-0.05, 0) is 26.8 Å². The summed E-state index contributed by atoms with van der Waals surface area (Å²) in [5, 5.41) is 10.4. The molecule has 1 unspecified atom stereocenters. The van der Waals surface area contributed by atoms with E-state index < -0.39 is 0 Å². The molecule has 2 aromatic heterocycles. The van der Waals surface area contributed by atoms with Gasteiger partial charge in [-0.3, -0.25) is 0 Å². The first-order valence-electron chi connectivity index (χ1n) is 6.22. The van der Waals surface area contributed by atoms with Crippen molar-refractivity contribution in [3.63, 3.8) is 0 Å². The summed E-state index contributed by atoms with van der Waals surface area (Å²) in [6, 6.07) is 0.341. The maximum atomic E-state index is 5.26. The van der Waals surface area contributed by atoms with Gasteiger partial charge in [0, 0.05) is 23.8 Å². The van der Waals surface area contributed by atoms with Gasteiger partial charge in [0.2, 0.25) is 0 Å². The van der Waals surface area contributed by atoms with Gasteiger partial charge in [-0.15, -0.1) is 11.3 Å². The predicted molar refractivity (Wildman–Crippen MR) is 69.6 cm³/mol. The zero-order valence-electron chi connectivity index (χ0n) is 10.5. The third-order valence-corrected chi connectivity index (χ3v) is 4.12. The Hall–Kier alpha value is -1.27. The van der Waals surface area contributed by atoms with Crippen molar-refractivity contribution in [1.29, 1.82) is 0 Å². The van der Waals surface area contributed by atoms with E-state index in [1.54, 1.807) is 11.3 Å². The second-order valence-electron chi connectivity index (χ2n) is 4.75. The molecule has 96 valence electrons. The molecule has 1 N–H and O–H groups in total. The quantitative estimate of drug-likeness (QED) is 0.897. The van der Waals surface area contributed by atoms with Crippen LogP contribution >= 0.6 is 11.3 Å². The average Bonchev–Trinajstić information content (AvgIpc) is 2.92. The highest BCUT2D eigenvalue weighted by molar-refractivity contribution is 7.10. The van der Waals surface area contributed by atoms with Crippen LogP contribution in [-0.4, -0.2) is 28.2 Å². The summed E-state index contributed by atoms with van der Waals surface area (Å²) in [5.41, 5.74) is 0.817. The number of likely N-dealkylation sites (N-methyl/N-ethyl adjacent to an activating group) is 1. The van der Waals surface area contributed by atoms with Crippen LogP contribution in [0.4, 0.5) is 0 Å². The Kier molecular flexibility index (Phi) is 3.13. The lowest BCUT2D eigenvalue weighted by molar-refractivity contribution is 0.417. The number of aromatic nitrogens is 3. The molecule has 0 amide bonds. The molecule has 0 aliphatic heterocycles. The van der Waals surface area contributed by atoms with E-state index >= 15 is 0 Å². The third-order valence-electron chi connectivity index (χ3n) is 3.12. The van der Waals surface area contributed by atoms with Gasteiger partial charge in [0.15, 0.2) is 5.82 Å². The van der Waals surface area contributed by atoms with Gasteiger partial charge in [-0.1, -0.05) is 5.16 Å². The Bertz CT molecular complexity index is 532. The number of thiazole rings is 1. The summed E-state index contributed by atoms with van der Waals surface area (Å²) in [6.45, 7) is 2.09. The maximum absolute atomic E-state index is 5.26. The second-order valence-corrected chi connectivity index (χ2v) is 5.64. The molecule has 1 aliphatic rings. The van der Waals surface area contributed by atoms with Crippen LogP contribution in [0.1, 0.15) is 36.5 Å². The van der Waals surface area contributed by atoms with Gasteiger partial charge in [0.05, 0.1) is 5.01 Å². The summed E-state index contributed by atoms with van der Waals surface area (Å²) in [6.07, 6.45) is 3.29. The van der Waals surface area contributed by atoms with Crippen LogP contribution < -0.4 is 5.32 Å². The Morgan fingerprint density at radius 3 is 3.06 bits per heavy atom. The molecule has 5 nitrogen and oxygen atoms in total. The molecule has 2 heterocycles. The molecule has 6 heteroatoms. The molecule has 2 aromatic rings. The van der Waals surface area contributed by atoms with E-state index in [0.29, 0.717) is 17.9 Å². The minimum atomic E-state index is 0.341. The van der Waals surface area contributed by atoms with E-state index in [0.717, 1.165) is 17.9 Å². The molecule has 0 aromatic carbocycles. The fourth-order valence-electron chi connectivity index (χ4n) is 1.72. The maximum Gasteiger partial charge on any atom is 0.277 e. The van der Waals surface area contributed by atoms with Crippen LogP contribution in [0.3, 0.4) is 0 Å². The van der Waals surface area contributed by atoms with Gasteiger partial charge >= 0.3 is 0 Å². The van der Waals surface area contributed by atoms with Gasteiger partial charge < -0.3 is 9.84 Å². The summed E-state index contributed by atoms with van der Waals surface area (Å²) < 4.78 is 5.26. The van der Waals surface area contributed by atoms with Gasteiger partial charge in [0.25, 0.3) is 5.89 Å². The van der Waals surface area contributed by atoms with E-state index in [9.17, 15) is 0 Å². The first-order valence-corrected chi connectivity index (χ1v) is 7.10. The molecule has 1 saturated carbocycles. The minimum Gasteiger partial charge on any atom is -0.332 e. The fourth-order valence-corrected chi connectivity index (χ4v) is 2.69. The Morgan fingerprint density at radius 1 is 1.50 bits per heavy atom. The molecule has 1 atom stereocenters. The van der Waals surface area contributed by atoms with Crippen LogP contribution in [-0.2, 0) is 6.42 Å². The SMILES string of the molecule is CNC(C)Cc1noc(-c2csc(C3CC3)n2)n1. The molecule has 1 aliphatic carbocycles. The van der Waals surface area contributed by atoms with Gasteiger partial charge in [-0.25, -0.2) is 4.98 Å². The summed E-state index contributed by atoms with van der Waals surface area (Å²) >= 11 is 1.69. The highest BCUT2D eigenvalue weighted by Crippen LogP contribution is 2.42. The summed E-state index contributed by atoms with van der Waals surface area (Å²) in [4.78, 5) is 8.95. The monoisotopic (exact) mass is 264 g/mol. The van der Waals surface area contributed by atoms with E-state index in [-0.39, 0.29) is 0 Å². The number of hydrogen-bond acceptors (Lipinski definition) is 6. The average molecular weight is 264 g/mol. The van der Waals surface area contributed by atoms with Crippen LogP contribution in [0, 0.1) is 0 Å². The molecule has 0 radical (unpaired) electrons. The van der Waals surface area contributed by atoms with Crippen molar-refractivity contribution in [2.45, 2.75) is 38.1 Å². The number of nitrogens with one attached hydrogen (secondary N) is 1. The molecule has 1 fully saturated rings. The third kappa shape index (κ3) is 2.44. The second kappa shape index (κ2) is 4.78. The lowest BCUT2D eigenvalue weighted by atomic mass is 10.2. The molecule has 18 heavy (non-hydrogen) atoms. The van der Waals surface area contributed by atoms with Crippen molar-refractivity contribution < 1.29 is 4.52 Å². The summed E-state index contributed by atoms with van der Waals surface area (Å²) in [7, 11) is 1.92. The smallest absolute Gasteiger partial charge is 0.277 e. The van der Waals surface area contributed by atoms with Gasteiger partial charge in [0.1, 0.15) is 5.69 Å². The number of nitrogens with zero attached hydrogens (tertiary/aromatic N) is 3. The van der Waals surface area contributed by atoms with Crippen LogP contribution in [0.15, 0.2) is 9.90 Å². The zero-order chi connectivity index (χ0) is 12.5. The topological polar surface area (TPSA) is 63.8 Å². The summed E-state index contributed by atoms with van der Waals surface area (Å²) in [5.74, 6) is 1.94. The highest BCUT2D eigenvalue weighted by Gasteiger charge is 2.27. The largest absolute Gasteiger partial charge is 0.332 e. The molecule has 0 saturated heterocycles. The van der Waals surface area contributed by atoms with Crippen LogP contribution in [0.25, 0.3) is 11.6 Å². The van der Waals surface area contributed by atoms with Gasteiger partial charge in [-0.2, -0.15) is 4.98 Å². The van der Waals surface area contributed by atoms with Crippen LogP contribution in [0.5, 0.6) is 0 Å². The normalized spacial score (nSPS) is 17.0. The fraction of sp³-hybridized carbons (Fsp3) is 0.583. The van der Waals surface area contributed by atoms with Crippen molar-refractivity contribution >= 4 is 11.3 Å². The molecule has 0 bridgehead atoms. The van der Waals surface area contributed by atoms with Crippen molar-refractivity contribution in [2.24, 2.45) is 0 Å². The standard InChI is InChI=1S/C12H16N4OS/c1-7(13-2)5-10-15-11(17-16-10)9-6-18-12(14-9)8-3-4-8/h6-8,13H,3-5H2,1-2H3. The number of rotatable bonds is 5. The van der Waals surface area contributed by atoms with Crippen LogP contribution in [0.2, 0.25) is 0 Å². The Morgan fingerprint density at radius 2 is 2.33 bits per heavy atom. The van der Waals surface area contributed by atoms with Crippen molar-refractivity contribution in [3.8, 4) is 11.6 Å². The first-order chi connectivity index (χ1) is 8.76. The van der Waals surface area contributed by atoms with E-state index in [2.05, 4.69) is 27.4 Å². The molecule has 3 rings (SSSR count). The lowest BCUT2D eigenvalue weighted by Crippen LogP contribution is -2.24.